The summed E-state index contributed by atoms with van der Waals surface area (Å²) in [7, 11) is 0. The molecule has 1 N–H and O–H groups in total. The lowest BCUT2D eigenvalue weighted by atomic mass is 10.1. The molecule has 2 nitrogen and oxygen atoms in total. The third kappa shape index (κ3) is 2.70. The molecular weight excluding hydrogens is 218 g/mol. The maximum atomic E-state index is 11.7. The zero-order valence-electron chi connectivity index (χ0n) is 9.07. The first-order valence-electron chi connectivity index (χ1n) is 5.13. The van der Waals surface area contributed by atoms with Gasteiger partial charge in [-0.05, 0) is 23.9 Å². The van der Waals surface area contributed by atoms with Gasteiger partial charge in [-0.25, -0.2) is 0 Å². The average molecular weight is 231 g/mol. The summed E-state index contributed by atoms with van der Waals surface area (Å²) in [4.78, 5) is 12.4. The minimum atomic E-state index is -0.00324. The van der Waals surface area contributed by atoms with Gasteiger partial charge in [0.2, 0.25) is 0 Å². The Balaban J connectivity index is 1.95. The van der Waals surface area contributed by atoms with Gasteiger partial charge in [0.1, 0.15) is 0 Å². The van der Waals surface area contributed by atoms with Crippen LogP contribution < -0.4 is 5.32 Å². The van der Waals surface area contributed by atoms with Gasteiger partial charge < -0.3 is 5.32 Å². The maximum Gasteiger partial charge on any atom is 0.261 e. The Morgan fingerprint density at radius 2 is 2.19 bits per heavy atom. The van der Waals surface area contributed by atoms with Crippen LogP contribution in [0.1, 0.15) is 20.8 Å². The molecule has 2 aromatic rings. The van der Waals surface area contributed by atoms with Crippen LogP contribution in [0.5, 0.6) is 0 Å². The molecule has 0 atom stereocenters. The molecule has 1 amide bonds. The third-order valence-corrected chi connectivity index (χ3v) is 3.15. The standard InChI is InChI=1S/C13H13NOS/c1-10-4-2-5-11(8-10)9-14-13(15)12-6-3-7-16-12/h2-8H,9H2,1H3,(H,14,15). The maximum absolute atomic E-state index is 11.7. The lowest BCUT2D eigenvalue weighted by Crippen LogP contribution is -2.21. The molecule has 0 aliphatic heterocycles. The average Bonchev–Trinajstić information content (AvgIpc) is 2.79. The van der Waals surface area contributed by atoms with E-state index in [-0.39, 0.29) is 5.91 Å². The summed E-state index contributed by atoms with van der Waals surface area (Å²) >= 11 is 1.46. The first-order valence-corrected chi connectivity index (χ1v) is 6.01. The highest BCUT2D eigenvalue weighted by Crippen LogP contribution is 2.09. The molecule has 0 bridgehead atoms. The normalized spacial score (nSPS) is 10.1. The van der Waals surface area contributed by atoms with E-state index in [0.29, 0.717) is 6.54 Å². The van der Waals surface area contributed by atoms with Crippen molar-refractivity contribution < 1.29 is 4.79 Å². The van der Waals surface area contributed by atoms with Crippen LogP contribution in [0.2, 0.25) is 0 Å². The Bertz CT molecular complexity index is 476. The number of amides is 1. The Morgan fingerprint density at radius 1 is 1.31 bits per heavy atom. The van der Waals surface area contributed by atoms with Gasteiger partial charge in [-0.15, -0.1) is 11.3 Å². The van der Waals surface area contributed by atoms with E-state index in [0.717, 1.165) is 10.4 Å². The minimum absolute atomic E-state index is 0.00324. The fourth-order valence-electron chi connectivity index (χ4n) is 1.50. The number of thiophene rings is 1. The van der Waals surface area contributed by atoms with Crippen LogP contribution in [0.25, 0.3) is 0 Å². The number of aryl methyl sites for hydroxylation is 1. The number of carbonyl (C=O) groups is 1. The predicted octanol–water partition coefficient (Wildman–Crippen LogP) is 2.99. The number of carbonyl (C=O) groups excluding carboxylic acids is 1. The van der Waals surface area contributed by atoms with Crippen LogP contribution in [0.3, 0.4) is 0 Å². The summed E-state index contributed by atoms with van der Waals surface area (Å²) in [6.07, 6.45) is 0. The summed E-state index contributed by atoms with van der Waals surface area (Å²) < 4.78 is 0. The van der Waals surface area contributed by atoms with E-state index in [1.54, 1.807) is 0 Å². The molecule has 3 heteroatoms. The van der Waals surface area contributed by atoms with Crippen molar-refractivity contribution in [2.75, 3.05) is 0 Å². The van der Waals surface area contributed by atoms with Crippen LogP contribution in [-0.2, 0) is 6.54 Å². The van der Waals surface area contributed by atoms with Crippen molar-refractivity contribution in [1.29, 1.82) is 0 Å². The van der Waals surface area contributed by atoms with Crippen LogP contribution in [-0.4, -0.2) is 5.91 Å². The molecule has 1 heterocycles. The van der Waals surface area contributed by atoms with Gasteiger partial charge in [0.25, 0.3) is 5.91 Å². The molecule has 0 aliphatic rings. The van der Waals surface area contributed by atoms with Gasteiger partial charge in [-0.1, -0.05) is 35.9 Å². The van der Waals surface area contributed by atoms with E-state index in [4.69, 9.17) is 0 Å². The topological polar surface area (TPSA) is 29.1 Å². The molecular formula is C13H13NOS. The first kappa shape index (κ1) is 10.9. The van der Waals surface area contributed by atoms with Gasteiger partial charge in [0, 0.05) is 6.54 Å². The molecule has 0 saturated heterocycles. The lowest BCUT2D eigenvalue weighted by molar-refractivity contribution is 0.0955. The second kappa shape index (κ2) is 4.94. The van der Waals surface area contributed by atoms with Gasteiger partial charge in [0.05, 0.1) is 4.88 Å². The number of hydrogen-bond acceptors (Lipinski definition) is 2. The van der Waals surface area contributed by atoms with Crippen LogP contribution in [0.4, 0.5) is 0 Å². The number of rotatable bonds is 3. The Hall–Kier alpha value is -1.61. The van der Waals surface area contributed by atoms with Crippen molar-refractivity contribution in [2.24, 2.45) is 0 Å². The Labute approximate surface area is 98.9 Å². The van der Waals surface area contributed by atoms with Crippen molar-refractivity contribution in [3.63, 3.8) is 0 Å². The summed E-state index contributed by atoms with van der Waals surface area (Å²) in [5.41, 5.74) is 2.34. The SMILES string of the molecule is Cc1cccc(CNC(=O)c2cccs2)c1. The molecule has 16 heavy (non-hydrogen) atoms. The number of nitrogens with one attached hydrogen (secondary N) is 1. The fourth-order valence-corrected chi connectivity index (χ4v) is 2.14. The third-order valence-electron chi connectivity index (χ3n) is 2.28. The van der Waals surface area contributed by atoms with E-state index in [9.17, 15) is 4.79 Å². The van der Waals surface area contributed by atoms with Crippen molar-refractivity contribution in [3.8, 4) is 0 Å². The zero-order chi connectivity index (χ0) is 11.4. The molecule has 82 valence electrons. The zero-order valence-corrected chi connectivity index (χ0v) is 9.88. The van der Waals surface area contributed by atoms with Gasteiger partial charge in [-0.3, -0.25) is 4.79 Å². The largest absolute Gasteiger partial charge is 0.347 e. The summed E-state index contributed by atoms with van der Waals surface area (Å²) in [5, 5.41) is 4.80. The van der Waals surface area contributed by atoms with E-state index in [2.05, 4.69) is 11.4 Å². The second-order valence-electron chi connectivity index (χ2n) is 3.65. The quantitative estimate of drug-likeness (QED) is 0.864. The van der Waals surface area contributed by atoms with E-state index >= 15 is 0 Å². The fraction of sp³-hybridized carbons (Fsp3) is 0.154. The molecule has 1 aromatic carbocycles. The molecule has 2 rings (SSSR count). The number of benzene rings is 1. The highest BCUT2D eigenvalue weighted by Gasteiger charge is 2.05. The van der Waals surface area contributed by atoms with Gasteiger partial charge >= 0.3 is 0 Å². The minimum Gasteiger partial charge on any atom is -0.347 e. The van der Waals surface area contributed by atoms with E-state index in [1.807, 2.05) is 42.6 Å². The van der Waals surface area contributed by atoms with E-state index < -0.39 is 0 Å². The molecule has 1 aromatic heterocycles. The highest BCUT2D eigenvalue weighted by molar-refractivity contribution is 7.12. The Kier molecular flexibility index (Phi) is 3.37. The van der Waals surface area contributed by atoms with Crippen LogP contribution in [0.15, 0.2) is 41.8 Å². The molecule has 0 aliphatic carbocycles. The lowest BCUT2D eigenvalue weighted by Gasteiger charge is -2.04. The smallest absolute Gasteiger partial charge is 0.261 e. The molecule has 0 fully saturated rings. The molecule has 0 spiro atoms. The monoisotopic (exact) mass is 231 g/mol. The highest BCUT2D eigenvalue weighted by atomic mass is 32.1. The van der Waals surface area contributed by atoms with Crippen molar-refractivity contribution in [1.82, 2.24) is 5.32 Å². The van der Waals surface area contributed by atoms with Crippen molar-refractivity contribution >= 4 is 17.2 Å². The van der Waals surface area contributed by atoms with Crippen LogP contribution >= 0.6 is 11.3 Å². The molecule has 0 unspecified atom stereocenters. The predicted molar refractivity (Wildman–Crippen MR) is 66.7 cm³/mol. The second-order valence-corrected chi connectivity index (χ2v) is 4.60. The van der Waals surface area contributed by atoms with Crippen molar-refractivity contribution in [3.05, 3.63) is 57.8 Å². The first-order chi connectivity index (χ1) is 7.75. The summed E-state index contributed by atoms with van der Waals surface area (Å²) in [6, 6.07) is 11.9. The van der Waals surface area contributed by atoms with E-state index in [1.165, 1.54) is 16.9 Å². The van der Waals surface area contributed by atoms with Gasteiger partial charge in [-0.2, -0.15) is 0 Å². The summed E-state index contributed by atoms with van der Waals surface area (Å²) in [6.45, 7) is 2.63. The Morgan fingerprint density at radius 3 is 2.88 bits per heavy atom. The number of hydrogen-bond donors (Lipinski definition) is 1. The molecule has 0 saturated carbocycles. The molecule has 0 radical (unpaired) electrons. The van der Waals surface area contributed by atoms with Crippen molar-refractivity contribution in [2.45, 2.75) is 13.5 Å². The summed E-state index contributed by atoms with van der Waals surface area (Å²) in [5.74, 6) is -0.00324. The van der Waals surface area contributed by atoms with Crippen LogP contribution in [0, 0.1) is 6.92 Å². The van der Waals surface area contributed by atoms with Gasteiger partial charge in [0.15, 0.2) is 0 Å².